The Hall–Kier alpha value is -5.27. The number of hydrogen-bond donors (Lipinski definition) is 4. The Morgan fingerprint density at radius 2 is 1.76 bits per heavy atom. The first-order chi connectivity index (χ1) is 28.7. The number of sulfonamides is 1. The van der Waals surface area contributed by atoms with Crippen LogP contribution in [0.1, 0.15) is 43.3 Å². The monoisotopic (exact) mass is 911 g/mol. The summed E-state index contributed by atoms with van der Waals surface area (Å²) in [5, 5.41) is 18.2. The Labute approximate surface area is 354 Å². The van der Waals surface area contributed by atoms with Crippen molar-refractivity contribution in [3.8, 4) is 23.0 Å². The lowest BCUT2D eigenvalue weighted by atomic mass is 9.93. The molecule has 2 aromatic heterocycles. The number of rotatable bonds is 9. The number of halogens is 8. The number of hydrogen-bond acceptors (Lipinski definition) is 10. The van der Waals surface area contributed by atoms with E-state index in [9.17, 15) is 40.3 Å². The van der Waals surface area contributed by atoms with E-state index in [1.165, 1.54) is 36.0 Å². The third-order valence-electron chi connectivity index (χ3n) is 10.4. The Morgan fingerprint density at radius 1 is 1.11 bits per heavy atom. The second-order valence-corrected chi connectivity index (χ2v) is 17.9. The van der Waals surface area contributed by atoms with Crippen molar-refractivity contribution in [3.63, 3.8) is 0 Å². The van der Waals surface area contributed by atoms with Gasteiger partial charge in [0, 0.05) is 35.7 Å². The van der Waals surface area contributed by atoms with Crippen LogP contribution >= 0.6 is 11.6 Å². The molecular weight excluding hydrogens is 875 g/mol. The fraction of sp³-hybridized carbons (Fsp3) is 0.400. The van der Waals surface area contributed by atoms with Gasteiger partial charge in [0.25, 0.3) is 5.92 Å². The van der Waals surface area contributed by atoms with Crippen molar-refractivity contribution in [2.24, 2.45) is 29.6 Å². The summed E-state index contributed by atoms with van der Waals surface area (Å²) in [4.78, 5) is 22.2. The number of amides is 1. The van der Waals surface area contributed by atoms with Crippen LogP contribution in [0.5, 0.6) is 0 Å². The maximum Gasteiger partial charge on any atom is 0.431 e. The highest BCUT2D eigenvalue weighted by Gasteiger charge is 2.68. The van der Waals surface area contributed by atoms with Crippen molar-refractivity contribution in [1.82, 2.24) is 20.1 Å². The lowest BCUT2D eigenvalue weighted by molar-refractivity contribution is -0.288. The molecule has 0 unspecified atom stereocenters. The molecule has 62 heavy (non-hydrogen) atoms. The molecule has 5 N–H and O–H groups in total. The molecule has 1 amide bonds. The highest BCUT2D eigenvalue weighted by atomic mass is 35.5. The summed E-state index contributed by atoms with van der Waals surface area (Å²) in [5.74, 6) is -5.29. The Balaban J connectivity index is 1.37. The van der Waals surface area contributed by atoms with Gasteiger partial charge in [0.1, 0.15) is 35.3 Å². The number of carbonyl (C=O) groups excluding carboxylic acids is 1. The molecule has 2 aliphatic carbocycles. The van der Waals surface area contributed by atoms with E-state index >= 15 is 8.78 Å². The molecule has 2 saturated carbocycles. The number of benzene rings is 2. The van der Waals surface area contributed by atoms with E-state index in [0.717, 1.165) is 18.4 Å². The van der Waals surface area contributed by atoms with Crippen molar-refractivity contribution in [3.05, 3.63) is 87.3 Å². The number of carbonyl (C=O) groups is 1. The van der Waals surface area contributed by atoms with Gasteiger partial charge in [-0.15, -0.1) is 0 Å². The van der Waals surface area contributed by atoms with Crippen LogP contribution in [0.3, 0.4) is 0 Å². The number of fused-ring (bicyclic) bond motifs is 2. The third kappa shape index (κ3) is 9.25. The van der Waals surface area contributed by atoms with Gasteiger partial charge in [-0.2, -0.15) is 27.1 Å². The number of anilines is 1. The zero-order valence-electron chi connectivity index (χ0n) is 33.1. The SMILES string of the molecule is Cn1nc(NS(C)(=O)=O)c2c(Cl)ccc(-c3ccc(C#CC4(O)COC(C)(C)OC4)nc3[C@H](Cc3cc(F)cc(F)c3)NC(=O)CN=C3C(=C(N)C(F)(F)F)[C@H]4C[C@H]4C3(F)F)c21. The number of aliphatic hydroxyl groups is 1. The minimum Gasteiger partial charge on any atom is -0.394 e. The molecule has 330 valence electrons. The fourth-order valence-electron chi connectivity index (χ4n) is 7.49. The number of allylic oxidation sites excluding steroid dienone is 2. The van der Waals surface area contributed by atoms with Crippen LogP contribution in [-0.2, 0) is 37.8 Å². The molecular formula is C40H37ClF7N7O6S. The molecule has 0 bridgehead atoms. The number of nitrogens with zero attached hydrogens (tertiary/aromatic N) is 4. The van der Waals surface area contributed by atoms with E-state index in [-0.39, 0.29) is 69.5 Å². The van der Waals surface area contributed by atoms with Gasteiger partial charge in [0.15, 0.2) is 17.2 Å². The number of aryl methyl sites for hydroxylation is 1. The van der Waals surface area contributed by atoms with Gasteiger partial charge in [-0.25, -0.2) is 22.2 Å². The quantitative estimate of drug-likeness (QED) is 0.121. The van der Waals surface area contributed by atoms with Gasteiger partial charge < -0.3 is 25.6 Å². The summed E-state index contributed by atoms with van der Waals surface area (Å²) in [6.45, 7) is 1.66. The molecule has 13 nitrogen and oxygen atoms in total. The normalized spacial score (nSPS) is 22.1. The molecule has 7 rings (SSSR count). The third-order valence-corrected chi connectivity index (χ3v) is 11.3. The van der Waals surface area contributed by atoms with E-state index in [1.54, 1.807) is 13.8 Å². The van der Waals surface area contributed by atoms with Gasteiger partial charge in [-0.05, 0) is 74.4 Å². The predicted octanol–water partition coefficient (Wildman–Crippen LogP) is 5.71. The summed E-state index contributed by atoms with van der Waals surface area (Å²) >= 11 is 6.58. The van der Waals surface area contributed by atoms with Crippen LogP contribution in [0.2, 0.25) is 5.02 Å². The van der Waals surface area contributed by atoms with Crippen molar-refractivity contribution < 1.29 is 58.5 Å². The summed E-state index contributed by atoms with van der Waals surface area (Å²) in [7, 11) is -2.39. The van der Waals surface area contributed by atoms with E-state index in [4.69, 9.17) is 31.8 Å². The Bertz CT molecular complexity index is 2720. The van der Waals surface area contributed by atoms with E-state index in [0.29, 0.717) is 6.07 Å². The van der Waals surface area contributed by atoms with Crippen molar-refractivity contribution in [2.75, 3.05) is 30.7 Å². The molecule has 3 atom stereocenters. The average Bonchev–Trinajstić information content (AvgIpc) is 3.85. The molecule has 4 aromatic rings. The minimum atomic E-state index is -5.15. The number of alkyl halides is 5. The molecule has 1 aliphatic heterocycles. The Kier molecular flexibility index (Phi) is 11.4. The van der Waals surface area contributed by atoms with Gasteiger partial charge in [-0.1, -0.05) is 23.6 Å². The fourth-order valence-corrected chi connectivity index (χ4v) is 8.23. The summed E-state index contributed by atoms with van der Waals surface area (Å²) in [6.07, 6.45) is -4.93. The predicted molar refractivity (Wildman–Crippen MR) is 212 cm³/mol. The lowest BCUT2D eigenvalue weighted by Crippen LogP contribution is -2.50. The second kappa shape index (κ2) is 15.8. The number of ether oxygens (including phenoxy) is 2. The topological polar surface area (TPSA) is 183 Å². The highest BCUT2D eigenvalue weighted by Crippen LogP contribution is 2.62. The summed E-state index contributed by atoms with van der Waals surface area (Å²) < 4.78 is 140. The van der Waals surface area contributed by atoms with E-state index in [1.807, 2.05) is 0 Å². The van der Waals surface area contributed by atoms with Crippen LogP contribution in [0.25, 0.3) is 22.0 Å². The molecule has 2 aromatic carbocycles. The largest absolute Gasteiger partial charge is 0.431 e. The van der Waals surface area contributed by atoms with Crippen LogP contribution in [0.4, 0.5) is 36.6 Å². The zero-order chi connectivity index (χ0) is 45.3. The molecule has 0 radical (unpaired) electrons. The van der Waals surface area contributed by atoms with Crippen molar-refractivity contribution in [1.29, 1.82) is 0 Å². The van der Waals surface area contributed by atoms with Crippen LogP contribution in [0.15, 0.2) is 58.7 Å². The molecule has 3 aliphatic rings. The number of pyridine rings is 1. The van der Waals surface area contributed by atoms with Crippen LogP contribution < -0.4 is 15.8 Å². The van der Waals surface area contributed by atoms with Gasteiger partial charge in [-0.3, -0.25) is 19.2 Å². The summed E-state index contributed by atoms with van der Waals surface area (Å²) in [5.41, 5.74) is 0.231. The average molecular weight is 912 g/mol. The second-order valence-electron chi connectivity index (χ2n) is 15.7. The molecule has 0 spiro atoms. The van der Waals surface area contributed by atoms with Crippen LogP contribution in [-0.4, -0.2) is 89.4 Å². The lowest BCUT2D eigenvalue weighted by Gasteiger charge is -2.37. The summed E-state index contributed by atoms with van der Waals surface area (Å²) in [6, 6.07) is 7.03. The molecule has 3 fully saturated rings. The minimum absolute atomic E-state index is 0.0243. The Morgan fingerprint density at radius 3 is 2.39 bits per heavy atom. The van der Waals surface area contributed by atoms with E-state index < -0.39 is 98.9 Å². The van der Waals surface area contributed by atoms with Crippen molar-refractivity contribution >= 4 is 50.0 Å². The van der Waals surface area contributed by atoms with Gasteiger partial charge in [0.05, 0.1) is 47.1 Å². The zero-order valence-corrected chi connectivity index (χ0v) is 34.7. The van der Waals surface area contributed by atoms with Crippen molar-refractivity contribution in [2.45, 2.75) is 56.2 Å². The smallest absolute Gasteiger partial charge is 0.394 e. The molecule has 3 heterocycles. The number of nitrogens with two attached hydrogens (primary N) is 1. The number of aliphatic imine (C=N–C) groups is 1. The first-order valence-corrected chi connectivity index (χ1v) is 20.9. The van der Waals surface area contributed by atoms with E-state index in [2.05, 4.69) is 32.0 Å². The molecule has 22 heteroatoms. The maximum absolute atomic E-state index is 15.3. The molecule has 1 saturated heterocycles. The highest BCUT2D eigenvalue weighted by molar-refractivity contribution is 7.92. The standard InChI is InChI=1S/C40H37ClF7N7O6S/c1-37(2)60-17-38(57,18-61-37)10-9-22-5-6-23(24-7-8-27(41)31-33(24)55(3)53-36(31)54-62(4,58)59)32(51-22)28(13-19-11-20(42)14-21(43)12-19)52-29(56)16-50-35-30(34(49)40(46,47)48)25-15-26(25)39(35,44)45/h5-8,11-12,14,25-26,28,57H,13,15-18,49H2,1-4H3,(H,52,56)(H,53,54)/t25-,26+,28-/m0/s1. The maximum atomic E-state index is 15.3. The van der Waals surface area contributed by atoms with Gasteiger partial charge in [0.2, 0.25) is 15.9 Å². The van der Waals surface area contributed by atoms with Crippen LogP contribution in [0, 0.1) is 35.3 Å². The first-order valence-electron chi connectivity index (χ1n) is 18.7. The number of aromatic nitrogens is 3. The first kappa shape index (κ1) is 44.8. The number of nitrogens with one attached hydrogen (secondary N) is 2. The van der Waals surface area contributed by atoms with Gasteiger partial charge >= 0.3 is 6.18 Å².